The van der Waals surface area contributed by atoms with Gasteiger partial charge in [0, 0.05) is 6.54 Å². The number of carbonyl (C=O) groups is 2. The summed E-state index contributed by atoms with van der Waals surface area (Å²) in [4.78, 5) is 22.1. The number of amides is 2. The van der Waals surface area contributed by atoms with Crippen LogP contribution < -0.4 is 16.4 Å². The van der Waals surface area contributed by atoms with Gasteiger partial charge in [-0.25, -0.2) is 4.39 Å². The fraction of sp³-hybridized carbons (Fsp3) is 0.273. The highest BCUT2D eigenvalue weighted by atomic mass is 35.5. The molecule has 0 saturated carbocycles. The van der Waals surface area contributed by atoms with Gasteiger partial charge in [0.05, 0.1) is 18.1 Å². The summed E-state index contributed by atoms with van der Waals surface area (Å²) in [6, 6.07) is 4.16. The summed E-state index contributed by atoms with van der Waals surface area (Å²) in [5.74, 6) is -1.28. The average molecular weight is 310 g/mol. The number of halogens is 3. The molecule has 0 heterocycles. The van der Waals surface area contributed by atoms with Crippen molar-refractivity contribution in [1.82, 2.24) is 10.6 Å². The highest BCUT2D eigenvalue weighted by Gasteiger charge is 2.05. The molecule has 0 saturated heterocycles. The van der Waals surface area contributed by atoms with Crippen molar-refractivity contribution >= 4 is 35.8 Å². The molecule has 0 aliphatic carbocycles. The number of nitrogens with one attached hydrogen (secondary N) is 2. The van der Waals surface area contributed by atoms with Crippen molar-refractivity contribution in [3.05, 3.63) is 34.6 Å². The zero-order valence-corrected chi connectivity index (χ0v) is 11.5. The molecule has 1 aromatic rings. The number of rotatable bonds is 5. The molecular weight excluding hydrogens is 296 g/mol. The second-order valence-electron chi connectivity index (χ2n) is 3.51. The first-order valence-corrected chi connectivity index (χ1v) is 5.58. The third-order valence-electron chi connectivity index (χ3n) is 2.11. The fourth-order valence-corrected chi connectivity index (χ4v) is 1.37. The summed E-state index contributed by atoms with van der Waals surface area (Å²) in [5.41, 5.74) is 5.73. The summed E-state index contributed by atoms with van der Waals surface area (Å²) in [5, 5.41) is 4.87. The van der Waals surface area contributed by atoms with Crippen molar-refractivity contribution < 1.29 is 14.0 Å². The topological polar surface area (TPSA) is 84.2 Å². The van der Waals surface area contributed by atoms with E-state index in [0.717, 1.165) is 0 Å². The molecule has 0 fully saturated rings. The van der Waals surface area contributed by atoms with Crippen LogP contribution in [0.4, 0.5) is 4.39 Å². The zero-order chi connectivity index (χ0) is 13.5. The monoisotopic (exact) mass is 309 g/mol. The maximum Gasteiger partial charge on any atom is 0.239 e. The van der Waals surface area contributed by atoms with Gasteiger partial charge in [-0.2, -0.15) is 0 Å². The van der Waals surface area contributed by atoms with E-state index >= 15 is 0 Å². The lowest BCUT2D eigenvalue weighted by Crippen LogP contribution is -2.39. The van der Waals surface area contributed by atoms with Gasteiger partial charge in [0.1, 0.15) is 5.82 Å². The Hall–Kier alpha value is -1.37. The lowest BCUT2D eigenvalue weighted by atomic mass is 10.2. The molecule has 0 aliphatic rings. The predicted octanol–water partition coefficient (Wildman–Crippen LogP) is 0.592. The van der Waals surface area contributed by atoms with Crippen molar-refractivity contribution in [3.8, 4) is 0 Å². The fourth-order valence-electron chi connectivity index (χ4n) is 1.16. The number of benzene rings is 1. The van der Waals surface area contributed by atoms with Gasteiger partial charge < -0.3 is 16.4 Å². The minimum atomic E-state index is -0.512. The molecular formula is C11H14Cl2FN3O2. The Morgan fingerprint density at radius 3 is 2.53 bits per heavy atom. The van der Waals surface area contributed by atoms with Crippen molar-refractivity contribution in [2.75, 3.05) is 13.1 Å². The Labute approximate surface area is 121 Å². The van der Waals surface area contributed by atoms with Gasteiger partial charge in [0.15, 0.2) is 0 Å². The lowest BCUT2D eigenvalue weighted by Gasteiger charge is -2.06. The van der Waals surface area contributed by atoms with Crippen molar-refractivity contribution in [2.45, 2.75) is 6.54 Å². The molecule has 19 heavy (non-hydrogen) atoms. The van der Waals surface area contributed by atoms with Crippen LogP contribution in [0.15, 0.2) is 18.2 Å². The van der Waals surface area contributed by atoms with Crippen molar-refractivity contribution in [2.24, 2.45) is 5.73 Å². The summed E-state index contributed by atoms with van der Waals surface area (Å²) >= 11 is 5.59. The molecule has 5 nitrogen and oxygen atoms in total. The van der Waals surface area contributed by atoms with E-state index in [0.29, 0.717) is 5.56 Å². The maximum atomic E-state index is 12.9. The molecule has 8 heteroatoms. The quantitative estimate of drug-likeness (QED) is 0.744. The summed E-state index contributed by atoms with van der Waals surface area (Å²) in [6.45, 7) is -0.108. The molecule has 4 N–H and O–H groups in total. The van der Waals surface area contributed by atoms with E-state index in [4.69, 9.17) is 17.3 Å². The Kier molecular flexibility index (Phi) is 8.06. The molecule has 0 radical (unpaired) electrons. The lowest BCUT2D eigenvalue weighted by molar-refractivity contribution is -0.125. The molecule has 0 spiro atoms. The van der Waals surface area contributed by atoms with Gasteiger partial charge in [-0.3, -0.25) is 9.59 Å². The van der Waals surface area contributed by atoms with E-state index in [1.54, 1.807) is 0 Å². The number of carbonyl (C=O) groups excluding carboxylic acids is 2. The van der Waals surface area contributed by atoms with E-state index < -0.39 is 11.7 Å². The molecule has 0 unspecified atom stereocenters. The second-order valence-corrected chi connectivity index (χ2v) is 3.91. The van der Waals surface area contributed by atoms with Gasteiger partial charge >= 0.3 is 0 Å². The van der Waals surface area contributed by atoms with Crippen LogP contribution in [0.5, 0.6) is 0 Å². The Morgan fingerprint density at radius 1 is 1.26 bits per heavy atom. The van der Waals surface area contributed by atoms with E-state index in [1.807, 2.05) is 0 Å². The van der Waals surface area contributed by atoms with Crippen LogP contribution >= 0.6 is 24.0 Å². The summed E-state index contributed by atoms with van der Waals surface area (Å²) in [6.07, 6.45) is 0. The first kappa shape index (κ1) is 17.6. The van der Waals surface area contributed by atoms with Crippen LogP contribution in [-0.2, 0) is 16.1 Å². The van der Waals surface area contributed by atoms with Crippen molar-refractivity contribution in [3.63, 3.8) is 0 Å². The van der Waals surface area contributed by atoms with Crippen LogP contribution in [0.3, 0.4) is 0 Å². The summed E-state index contributed by atoms with van der Waals surface area (Å²) in [7, 11) is 0. The Balaban J connectivity index is 0.00000324. The SMILES string of the molecule is Cl.NCC(=O)NCC(=O)NCc1ccc(F)c(Cl)c1. The third kappa shape index (κ3) is 6.37. The number of hydrogen-bond acceptors (Lipinski definition) is 3. The van der Waals surface area contributed by atoms with Gasteiger partial charge in [-0.15, -0.1) is 12.4 Å². The number of hydrogen-bond donors (Lipinski definition) is 3. The van der Waals surface area contributed by atoms with Gasteiger partial charge in [0.25, 0.3) is 0 Å². The molecule has 106 valence electrons. The molecule has 2 amide bonds. The van der Waals surface area contributed by atoms with E-state index in [1.165, 1.54) is 18.2 Å². The van der Waals surface area contributed by atoms with E-state index in [-0.39, 0.29) is 43.0 Å². The summed E-state index contributed by atoms with van der Waals surface area (Å²) < 4.78 is 12.9. The highest BCUT2D eigenvalue weighted by Crippen LogP contribution is 2.15. The Morgan fingerprint density at radius 2 is 1.95 bits per heavy atom. The minimum absolute atomic E-state index is 0. The third-order valence-corrected chi connectivity index (χ3v) is 2.39. The molecule has 0 aliphatic heterocycles. The van der Waals surface area contributed by atoms with Gasteiger partial charge in [-0.1, -0.05) is 17.7 Å². The maximum absolute atomic E-state index is 12.9. The smallest absolute Gasteiger partial charge is 0.239 e. The first-order valence-electron chi connectivity index (χ1n) is 5.20. The minimum Gasteiger partial charge on any atom is -0.350 e. The van der Waals surface area contributed by atoms with Crippen LogP contribution in [0.2, 0.25) is 5.02 Å². The van der Waals surface area contributed by atoms with Crippen molar-refractivity contribution in [1.29, 1.82) is 0 Å². The predicted molar refractivity (Wildman–Crippen MR) is 72.6 cm³/mol. The zero-order valence-electron chi connectivity index (χ0n) is 9.91. The van der Waals surface area contributed by atoms with E-state index in [2.05, 4.69) is 10.6 Å². The largest absolute Gasteiger partial charge is 0.350 e. The molecule has 0 aromatic heterocycles. The normalized spacial score (nSPS) is 9.42. The molecule has 0 atom stereocenters. The van der Waals surface area contributed by atoms with E-state index in [9.17, 15) is 14.0 Å². The molecule has 0 bridgehead atoms. The first-order chi connectivity index (χ1) is 8.52. The average Bonchev–Trinajstić information content (AvgIpc) is 2.37. The van der Waals surface area contributed by atoms with Crippen LogP contribution in [0, 0.1) is 5.82 Å². The second kappa shape index (κ2) is 8.68. The number of nitrogens with two attached hydrogens (primary N) is 1. The molecule has 1 aromatic carbocycles. The molecule has 1 rings (SSSR count). The standard InChI is InChI=1S/C11H13ClFN3O2.ClH/c12-8-3-7(1-2-9(8)13)5-15-11(18)6-16-10(17)4-14;/h1-3H,4-6,14H2,(H,15,18)(H,16,17);1H. The van der Waals surface area contributed by atoms with Gasteiger partial charge in [-0.05, 0) is 17.7 Å². The van der Waals surface area contributed by atoms with Crippen LogP contribution in [0.25, 0.3) is 0 Å². The van der Waals surface area contributed by atoms with Crippen LogP contribution in [-0.4, -0.2) is 24.9 Å². The highest BCUT2D eigenvalue weighted by molar-refractivity contribution is 6.30. The Bertz CT molecular complexity index is 458. The van der Waals surface area contributed by atoms with Gasteiger partial charge in [0.2, 0.25) is 11.8 Å². The van der Waals surface area contributed by atoms with Crippen LogP contribution in [0.1, 0.15) is 5.56 Å².